The number of aromatic nitrogens is 1. The van der Waals surface area contributed by atoms with Gasteiger partial charge in [0.15, 0.2) is 0 Å². The molecule has 2 heterocycles. The molecular weight excluding hydrogens is 352 g/mol. The van der Waals surface area contributed by atoms with Crippen LogP contribution in [0.15, 0.2) is 42.7 Å². The normalized spacial score (nSPS) is 16.9. The molecule has 1 saturated heterocycles. The molecule has 0 aliphatic carbocycles. The highest BCUT2D eigenvalue weighted by Gasteiger charge is 2.30. The van der Waals surface area contributed by atoms with Crippen LogP contribution in [0.1, 0.15) is 35.7 Å². The molecule has 1 aliphatic heterocycles. The van der Waals surface area contributed by atoms with E-state index in [1.54, 1.807) is 17.3 Å². The van der Waals surface area contributed by atoms with Gasteiger partial charge in [-0.1, -0.05) is 6.07 Å². The maximum absolute atomic E-state index is 14.0. The fraction of sp³-hybridized carbons (Fsp3) is 0.350. The molecule has 1 unspecified atom stereocenters. The fourth-order valence-corrected chi connectivity index (χ4v) is 3.41. The number of carbonyl (C=O) groups is 2. The Morgan fingerprint density at radius 3 is 2.78 bits per heavy atom. The van der Waals surface area contributed by atoms with E-state index in [0.717, 1.165) is 24.1 Å². The highest BCUT2D eigenvalue weighted by Crippen LogP contribution is 2.21. The summed E-state index contributed by atoms with van der Waals surface area (Å²) in [5.74, 6) is -2.17. The first-order valence-electron chi connectivity index (χ1n) is 8.86. The van der Waals surface area contributed by atoms with Gasteiger partial charge in [0.25, 0.3) is 5.91 Å². The second-order valence-corrected chi connectivity index (χ2v) is 6.68. The first-order valence-corrected chi connectivity index (χ1v) is 8.86. The average Bonchev–Trinajstić information content (AvgIpc) is 2.66. The second-order valence-electron chi connectivity index (χ2n) is 6.68. The lowest BCUT2D eigenvalue weighted by atomic mass is 10.0. The highest BCUT2D eigenvalue weighted by molar-refractivity contribution is 5.94. The number of likely N-dealkylation sites (tertiary alicyclic amines) is 1. The zero-order valence-electron chi connectivity index (χ0n) is 15.1. The van der Waals surface area contributed by atoms with Crippen molar-refractivity contribution in [3.8, 4) is 0 Å². The van der Waals surface area contributed by atoms with Crippen LogP contribution >= 0.6 is 0 Å². The standard InChI is InChI=1S/C20H21F2N3O2/c1-14(26)25(12-15-4-2-8-23-11-15)17-5-3-9-24(13-17)20(27)18-7-6-16(21)10-19(18)22/h2,4,6-8,10-11,17H,3,5,9,12-13H2,1H3. The molecule has 1 aliphatic rings. The molecule has 5 nitrogen and oxygen atoms in total. The number of benzene rings is 1. The Bertz CT molecular complexity index is 829. The number of halogens is 2. The van der Waals surface area contributed by atoms with Crippen LogP contribution in [-0.2, 0) is 11.3 Å². The summed E-state index contributed by atoms with van der Waals surface area (Å²) in [4.78, 5) is 32.2. The molecule has 0 saturated carbocycles. The molecule has 1 atom stereocenters. The number of piperidine rings is 1. The summed E-state index contributed by atoms with van der Waals surface area (Å²) >= 11 is 0. The van der Waals surface area contributed by atoms with Crippen LogP contribution < -0.4 is 0 Å². The molecule has 3 rings (SSSR count). The minimum atomic E-state index is -0.874. The summed E-state index contributed by atoms with van der Waals surface area (Å²) in [7, 11) is 0. The lowest BCUT2D eigenvalue weighted by Gasteiger charge is -2.39. The molecule has 142 valence electrons. The van der Waals surface area contributed by atoms with Gasteiger partial charge in [-0.3, -0.25) is 14.6 Å². The third kappa shape index (κ3) is 4.48. The largest absolute Gasteiger partial charge is 0.336 e. The average molecular weight is 373 g/mol. The topological polar surface area (TPSA) is 53.5 Å². The number of amides is 2. The van der Waals surface area contributed by atoms with E-state index < -0.39 is 17.5 Å². The van der Waals surface area contributed by atoms with E-state index in [9.17, 15) is 18.4 Å². The smallest absolute Gasteiger partial charge is 0.256 e. The van der Waals surface area contributed by atoms with Gasteiger partial charge in [0.1, 0.15) is 11.6 Å². The van der Waals surface area contributed by atoms with Gasteiger partial charge in [-0.15, -0.1) is 0 Å². The molecule has 0 bridgehead atoms. The van der Waals surface area contributed by atoms with Crippen molar-refractivity contribution in [2.45, 2.75) is 32.4 Å². The zero-order valence-corrected chi connectivity index (χ0v) is 15.1. The van der Waals surface area contributed by atoms with E-state index in [1.165, 1.54) is 11.8 Å². The Balaban J connectivity index is 1.75. The summed E-state index contributed by atoms with van der Waals surface area (Å²) in [6.07, 6.45) is 4.83. The maximum atomic E-state index is 14.0. The predicted molar refractivity (Wildman–Crippen MR) is 95.7 cm³/mol. The van der Waals surface area contributed by atoms with Crippen LogP contribution in [0.25, 0.3) is 0 Å². The van der Waals surface area contributed by atoms with E-state index in [-0.39, 0.29) is 17.5 Å². The van der Waals surface area contributed by atoms with Crippen molar-refractivity contribution in [2.75, 3.05) is 13.1 Å². The van der Waals surface area contributed by atoms with Gasteiger partial charge in [0.05, 0.1) is 5.56 Å². The van der Waals surface area contributed by atoms with Crippen LogP contribution in [0.5, 0.6) is 0 Å². The third-order valence-corrected chi connectivity index (χ3v) is 4.77. The summed E-state index contributed by atoms with van der Waals surface area (Å²) < 4.78 is 27.1. The molecule has 1 aromatic heterocycles. The molecule has 2 aromatic rings. The molecular formula is C20H21F2N3O2. The third-order valence-electron chi connectivity index (χ3n) is 4.77. The maximum Gasteiger partial charge on any atom is 0.256 e. The van der Waals surface area contributed by atoms with E-state index in [1.807, 2.05) is 12.1 Å². The Morgan fingerprint density at radius 1 is 1.30 bits per heavy atom. The lowest BCUT2D eigenvalue weighted by molar-refractivity contribution is -0.132. The van der Waals surface area contributed by atoms with E-state index >= 15 is 0 Å². The number of nitrogens with zero attached hydrogens (tertiary/aromatic N) is 3. The van der Waals surface area contributed by atoms with Crippen molar-refractivity contribution in [2.24, 2.45) is 0 Å². The van der Waals surface area contributed by atoms with Crippen molar-refractivity contribution < 1.29 is 18.4 Å². The van der Waals surface area contributed by atoms with Gasteiger partial charge >= 0.3 is 0 Å². The van der Waals surface area contributed by atoms with Gasteiger partial charge < -0.3 is 9.80 Å². The Morgan fingerprint density at radius 2 is 2.11 bits per heavy atom. The second kappa shape index (κ2) is 8.24. The number of hydrogen-bond acceptors (Lipinski definition) is 3. The summed E-state index contributed by atoms with van der Waals surface area (Å²) in [6.45, 7) is 2.69. The van der Waals surface area contributed by atoms with Crippen LogP contribution in [-0.4, -0.2) is 45.7 Å². The van der Waals surface area contributed by atoms with E-state index in [0.29, 0.717) is 32.1 Å². The van der Waals surface area contributed by atoms with Crippen molar-refractivity contribution in [3.05, 3.63) is 65.5 Å². The van der Waals surface area contributed by atoms with Crippen LogP contribution in [0.3, 0.4) is 0 Å². The molecule has 0 N–H and O–H groups in total. The molecule has 0 spiro atoms. The SMILES string of the molecule is CC(=O)N(Cc1cccnc1)C1CCCN(C(=O)c2ccc(F)cc2F)C1. The molecule has 2 amide bonds. The van der Waals surface area contributed by atoms with Gasteiger partial charge in [-0.05, 0) is 36.6 Å². The minimum Gasteiger partial charge on any atom is -0.336 e. The fourth-order valence-electron chi connectivity index (χ4n) is 3.41. The monoisotopic (exact) mass is 373 g/mol. The Kier molecular flexibility index (Phi) is 5.78. The summed E-state index contributed by atoms with van der Waals surface area (Å²) in [6, 6.07) is 6.48. The number of carbonyl (C=O) groups excluding carboxylic acids is 2. The van der Waals surface area contributed by atoms with Gasteiger partial charge in [0, 0.05) is 51.1 Å². The van der Waals surface area contributed by atoms with Crippen LogP contribution in [0.4, 0.5) is 8.78 Å². The summed E-state index contributed by atoms with van der Waals surface area (Å²) in [5, 5.41) is 0. The highest BCUT2D eigenvalue weighted by atomic mass is 19.1. The summed E-state index contributed by atoms with van der Waals surface area (Å²) in [5.41, 5.74) is 0.749. The number of rotatable bonds is 4. The molecule has 1 fully saturated rings. The predicted octanol–water partition coefficient (Wildman–Crippen LogP) is 3.01. The molecule has 7 heteroatoms. The van der Waals surface area contributed by atoms with Gasteiger partial charge in [-0.2, -0.15) is 0 Å². The Hall–Kier alpha value is -2.83. The zero-order chi connectivity index (χ0) is 19.4. The lowest BCUT2D eigenvalue weighted by Crippen LogP contribution is -2.51. The van der Waals surface area contributed by atoms with E-state index in [2.05, 4.69) is 4.98 Å². The molecule has 1 aromatic carbocycles. The van der Waals surface area contributed by atoms with Crippen molar-refractivity contribution in [1.29, 1.82) is 0 Å². The van der Waals surface area contributed by atoms with Crippen LogP contribution in [0, 0.1) is 11.6 Å². The number of pyridine rings is 1. The van der Waals surface area contributed by atoms with Gasteiger partial charge in [0.2, 0.25) is 5.91 Å². The quantitative estimate of drug-likeness (QED) is 0.828. The molecule has 0 radical (unpaired) electrons. The first kappa shape index (κ1) is 18.9. The molecule has 27 heavy (non-hydrogen) atoms. The Labute approximate surface area is 156 Å². The van der Waals surface area contributed by atoms with Crippen molar-refractivity contribution in [1.82, 2.24) is 14.8 Å². The van der Waals surface area contributed by atoms with Gasteiger partial charge in [-0.25, -0.2) is 8.78 Å². The van der Waals surface area contributed by atoms with Crippen molar-refractivity contribution in [3.63, 3.8) is 0 Å². The minimum absolute atomic E-state index is 0.0916. The van der Waals surface area contributed by atoms with Crippen molar-refractivity contribution >= 4 is 11.8 Å². The van der Waals surface area contributed by atoms with Crippen LogP contribution in [0.2, 0.25) is 0 Å². The number of hydrogen-bond donors (Lipinski definition) is 0. The van der Waals surface area contributed by atoms with E-state index in [4.69, 9.17) is 0 Å². The first-order chi connectivity index (χ1) is 13.0.